The van der Waals surface area contributed by atoms with E-state index in [4.69, 9.17) is 9.84 Å². The first-order chi connectivity index (χ1) is 6.69. The molecule has 1 heterocycles. The summed E-state index contributed by atoms with van der Waals surface area (Å²) in [4.78, 5) is 7.11. The number of rotatable bonds is 4. The van der Waals surface area contributed by atoms with Crippen LogP contribution in [0.4, 0.5) is 5.13 Å². The van der Waals surface area contributed by atoms with Gasteiger partial charge in [-0.3, -0.25) is 0 Å². The molecule has 1 N–H and O–H groups in total. The number of methoxy groups -OCH3 is 1. The minimum atomic E-state index is 0.0261. The van der Waals surface area contributed by atoms with Gasteiger partial charge in [0.15, 0.2) is 5.13 Å². The zero-order valence-electron chi connectivity index (χ0n) is 8.52. The second-order valence-electron chi connectivity index (χ2n) is 2.85. The maximum absolute atomic E-state index is 8.65. The number of aliphatic hydroxyl groups is 1. The van der Waals surface area contributed by atoms with Crippen molar-refractivity contribution in [2.45, 2.75) is 0 Å². The van der Waals surface area contributed by atoms with Crippen molar-refractivity contribution in [1.29, 1.82) is 0 Å². The van der Waals surface area contributed by atoms with E-state index in [9.17, 15) is 0 Å². The lowest BCUT2D eigenvalue weighted by atomic mass is 10.4. The largest absolute Gasteiger partial charge is 0.480 e. The molecule has 0 aromatic carbocycles. The van der Waals surface area contributed by atoms with Crippen LogP contribution in [0.25, 0.3) is 6.08 Å². The monoisotopic (exact) mass is 214 g/mol. The first kappa shape index (κ1) is 11.0. The van der Waals surface area contributed by atoms with Gasteiger partial charge in [-0.2, -0.15) is 4.98 Å². The number of aliphatic hydroxyl groups excluding tert-OH is 1. The Morgan fingerprint density at radius 2 is 2.29 bits per heavy atom. The number of nitrogens with zero attached hydrogens (tertiary/aromatic N) is 2. The average Bonchev–Trinajstić information content (AvgIpc) is 2.57. The maximum atomic E-state index is 8.65. The SMILES string of the molecule is COc1nc(N(C)C)sc1/C=C/CO. The van der Waals surface area contributed by atoms with E-state index >= 15 is 0 Å². The Balaban J connectivity index is 2.96. The molecular formula is C9H14N2O2S. The van der Waals surface area contributed by atoms with Gasteiger partial charge in [-0.05, 0) is 6.08 Å². The lowest BCUT2D eigenvalue weighted by Crippen LogP contribution is -2.07. The Kier molecular flexibility index (Phi) is 3.91. The highest BCUT2D eigenvalue weighted by Crippen LogP contribution is 2.31. The van der Waals surface area contributed by atoms with Gasteiger partial charge in [0, 0.05) is 14.1 Å². The zero-order valence-corrected chi connectivity index (χ0v) is 9.34. The van der Waals surface area contributed by atoms with Gasteiger partial charge in [0.2, 0.25) is 5.88 Å². The van der Waals surface area contributed by atoms with Crippen molar-refractivity contribution in [3.8, 4) is 5.88 Å². The number of ether oxygens (including phenoxy) is 1. The molecule has 1 aromatic rings. The molecule has 0 unspecified atom stereocenters. The van der Waals surface area contributed by atoms with Crippen molar-refractivity contribution in [2.24, 2.45) is 0 Å². The number of thiazole rings is 1. The summed E-state index contributed by atoms with van der Waals surface area (Å²) in [5, 5.41) is 9.54. The summed E-state index contributed by atoms with van der Waals surface area (Å²) >= 11 is 1.52. The molecule has 0 fully saturated rings. The summed E-state index contributed by atoms with van der Waals surface area (Å²) in [6, 6.07) is 0. The van der Waals surface area contributed by atoms with E-state index in [-0.39, 0.29) is 6.61 Å². The molecule has 4 nitrogen and oxygen atoms in total. The molecule has 0 radical (unpaired) electrons. The Bertz CT molecular complexity index is 321. The van der Waals surface area contributed by atoms with Crippen LogP contribution in [-0.2, 0) is 0 Å². The standard InChI is InChI=1S/C9H14N2O2S/c1-11(2)9-10-8(13-3)7(14-9)5-4-6-12/h4-5,12H,6H2,1-3H3/b5-4+. The van der Waals surface area contributed by atoms with E-state index in [1.54, 1.807) is 13.2 Å². The predicted molar refractivity (Wildman–Crippen MR) is 59.1 cm³/mol. The molecule has 0 amide bonds. The molecular weight excluding hydrogens is 200 g/mol. The van der Waals surface area contributed by atoms with E-state index in [2.05, 4.69) is 4.98 Å². The van der Waals surface area contributed by atoms with Crippen molar-refractivity contribution < 1.29 is 9.84 Å². The van der Waals surface area contributed by atoms with Crippen LogP contribution in [0.1, 0.15) is 4.88 Å². The van der Waals surface area contributed by atoms with Crippen LogP contribution >= 0.6 is 11.3 Å². The Morgan fingerprint density at radius 3 is 2.79 bits per heavy atom. The van der Waals surface area contributed by atoms with Crippen molar-refractivity contribution in [3.05, 3.63) is 11.0 Å². The second kappa shape index (κ2) is 4.97. The van der Waals surface area contributed by atoms with Gasteiger partial charge in [0.1, 0.15) is 0 Å². The molecule has 0 aliphatic rings. The molecule has 0 aliphatic carbocycles. The van der Waals surface area contributed by atoms with Crippen molar-refractivity contribution in [3.63, 3.8) is 0 Å². The molecule has 0 bridgehead atoms. The highest BCUT2D eigenvalue weighted by molar-refractivity contribution is 7.16. The van der Waals surface area contributed by atoms with Crippen LogP contribution in [0, 0.1) is 0 Å². The summed E-state index contributed by atoms with van der Waals surface area (Å²) in [5.41, 5.74) is 0. The van der Waals surface area contributed by atoms with Crippen LogP contribution in [0.15, 0.2) is 6.08 Å². The molecule has 0 saturated heterocycles. The Morgan fingerprint density at radius 1 is 1.57 bits per heavy atom. The average molecular weight is 214 g/mol. The maximum Gasteiger partial charge on any atom is 0.233 e. The molecule has 14 heavy (non-hydrogen) atoms. The molecule has 0 saturated carbocycles. The minimum absolute atomic E-state index is 0.0261. The normalized spacial score (nSPS) is 10.9. The fourth-order valence-electron chi connectivity index (χ4n) is 0.909. The Hall–Kier alpha value is -1.07. The van der Waals surface area contributed by atoms with E-state index in [0.29, 0.717) is 5.88 Å². The highest BCUT2D eigenvalue weighted by Gasteiger charge is 2.09. The lowest BCUT2D eigenvalue weighted by molar-refractivity contribution is 0.343. The third-order valence-corrected chi connectivity index (χ3v) is 2.73. The zero-order chi connectivity index (χ0) is 10.6. The van der Waals surface area contributed by atoms with E-state index < -0.39 is 0 Å². The fourth-order valence-corrected chi connectivity index (χ4v) is 1.80. The minimum Gasteiger partial charge on any atom is -0.480 e. The molecule has 78 valence electrons. The molecule has 0 aliphatic heterocycles. The first-order valence-corrected chi connectivity index (χ1v) is 5.00. The van der Waals surface area contributed by atoms with Gasteiger partial charge in [-0.25, -0.2) is 0 Å². The van der Waals surface area contributed by atoms with Gasteiger partial charge < -0.3 is 14.7 Å². The lowest BCUT2D eigenvalue weighted by Gasteiger charge is -2.04. The smallest absolute Gasteiger partial charge is 0.233 e. The van der Waals surface area contributed by atoms with Crippen LogP contribution < -0.4 is 9.64 Å². The first-order valence-electron chi connectivity index (χ1n) is 4.18. The van der Waals surface area contributed by atoms with Crippen molar-refractivity contribution in [1.82, 2.24) is 4.98 Å². The second-order valence-corrected chi connectivity index (χ2v) is 3.86. The molecule has 0 atom stereocenters. The summed E-state index contributed by atoms with van der Waals surface area (Å²) in [6.07, 6.45) is 3.47. The van der Waals surface area contributed by atoms with E-state index in [1.165, 1.54) is 11.3 Å². The number of hydrogen-bond acceptors (Lipinski definition) is 5. The number of aromatic nitrogens is 1. The molecule has 0 spiro atoms. The number of anilines is 1. The summed E-state index contributed by atoms with van der Waals surface area (Å²) in [5.74, 6) is 0.600. The Labute approximate surface area is 87.5 Å². The third-order valence-electron chi connectivity index (χ3n) is 1.56. The van der Waals surface area contributed by atoms with E-state index in [0.717, 1.165) is 10.0 Å². The van der Waals surface area contributed by atoms with Gasteiger partial charge in [-0.1, -0.05) is 17.4 Å². The molecule has 1 aromatic heterocycles. The van der Waals surface area contributed by atoms with Crippen LogP contribution in [-0.4, -0.2) is 37.9 Å². The van der Waals surface area contributed by atoms with Gasteiger partial charge >= 0.3 is 0 Å². The van der Waals surface area contributed by atoms with Crippen LogP contribution in [0.5, 0.6) is 5.88 Å². The predicted octanol–water partition coefficient (Wildman–Crippen LogP) is 1.22. The topological polar surface area (TPSA) is 45.6 Å². The van der Waals surface area contributed by atoms with Gasteiger partial charge in [0.05, 0.1) is 18.6 Å². The van der Waals surface area contributed by atoms with E-state index in [1.807, 2.05) is 25.1 Å². The van der Waals surface area contributed by atoms with Crippen LogP contribution in [0.3, 0.4) is 0 Å². The molecule has 5 heteroatoms. The van der Waals surface area contributed by atoms with Crippen molar-refractivity contribution >= 4 is 22.5 Å². The van der Waals surface area contributed by atoms with Gasteiger partial charge in [0.25, 0.3) is 0 Å². The van der Waals surface area contributed by atoms with Crippen LogP contribution in [0.2, 0.25) is 0 Å². The quantitative estimate of drug-likeness (QED) is 0.818. The van der Waals surface area contributed by atoms with Crippen molar-refractivity contribution in [2.75, 3.05) is 32.7 Å². The fraction of sp³-hybridized carbons (Fsp3) is 0.444. The number of hydrogen-bond donors (Lipinski definition) is 1. The summed E-state index contributed by atoms with van der Waals surface area (Å²) < 4.78 is 5.11. The van der Waals surface area contributed by atoms with Gasteiger partial charge in [-0.15, -0.1) is 0 Å². The highest BCUT2D eigenvalue weighted by atomic mass is 32.1. The molecule has 1 rings (SSSR count). The summed E-state index contributed by atoms with van der Waals surface area (Å²) in [7, 11) is 5.44. The summed E-state index contributed by atoms with van der Waals surface area (Å²) in [6.45, 7) is 0.0261. The third kappa shape index (κ3) is 2.46.